The van der Waals surface area contributed by atoms with E-state index < -0.39 is 23.7 Å². The molecule has 0 radical (unpaired) electrons. The number of carbonyl (C=O) groups is 1. The van der Waals surface area contributed by atoms with Crippen molar-refractivity contribution in [1.29, 1.82) is 0 Å². The van der Waals surface area contributed by atoms with Crippen molar-refractivity contribution < 1.29 is 27.1 Å². The first-order valence-electron chi connectivity index (χ1n) is 5.72. The first-order chi connectivity index (χ1) is 9.76. The molecule has 0 aliphatic heterocycles. The van der Waals surface area contributed by atoms with Crippen LogP contribution in [0.2, 0.25) is 0 Å². The van der Waals surface area contributed by atoms with E-state index in [1.165, 1.54) is 12.1 Å². The summed E-state index contributed by atoms with van der Waals surface area (Å²) < 4.78 is 53.0. The van der Waals surface area contributed by atoms with Crippen LogP contribution in [0.1, 0.15) is 15.9 Å². The number of ketones is 1. The van der Waals surface area contributed by atoms with Crippen LogP contribution in [-0.2, 0) is 0 Å². The molecule has 0 heterocycles. The minimum Gasteiger partial charge on any atom is -0.406 e. The van der Waals surface area contributed by atoms with E-state index in [1.807, 2.05) is 0 Å². The standard InChI is InChI=1S/C14H9F4NO2/c15-9-3-1-8(2-4-9)13(20)11-7-10(5-6-12(11)19)21-14(16,17)18/h1-7H,19H2. The summed E-state index contributed by atoms with van der Waals surface area (Å²) in [5.41, 5.74) is 5.54. The molecule has 3 nitrogen and oxygen atoms in total. The molecule has 2 aromatic carbocycles. The van der Waals surface area contributed by atoms with Gasteiger partial charge in [0.25, 0.3) is 0 Å². The van der Waals surface area contributed by atoms with Crippen LogP contribution in [0.4, 0.5) is 23.2 Å². The molecule has 110 valence electrons. The van der Waals surface area contributed by atoms with Gasteiger partial charge < -0.3 is 10.5 Å². The summed E-state index contributed by atoms with van der Waals surface area (Å²) in [6.07, 6.45) is -4.87. The summed E-state index contributed by atoms with van der Waals surface area (Å²) in [5.74, 6) is -1.71. The quantitative estimate of drug-likeness (QED) is 0.536. The van der Waals surface area contributed by atoms with Gasteiger partial charge in [-0.1, -0.05) is 0 Å². The second kappa shape index (κ2) is 5.43. The van der Waals surface area contributed by atoms with E-state index in [2.05, 4.69) is 4.74 Å². The van der Waals surface area contributed by atoms with E-state index in [0.29, 0.717) is 0 Å². The first kappa shape index (κ1) is 14.8. The number of carbonyl (C=O) groups excluding carboxylic acids is 1. The molecule has 0 aliphatic carbocycles. The van der Waals surface area contributed by atoms with Crippen molar-refractivity contribution in [3.63, 3.8) is 0 Å². The molecule has 21 heavy (non-hydrogen) atoms. The van der Waals surface area contributed by atoms with Gasteiger partial charge in [-0.2, -0.15) is 0 Å². The normalized spacial score (nSPS) is 11.2. The van der Waals surface area contributed by atoms with E-state index in [1.54, 1.807) is 0 Å². The van der Waals surface area contributed by atoms with E-state index in [0.717, 1.165) is 30.3 Å². The Morgan fingerprint density at radius 1 is 1.05 bits per heavy atom. The fraction of sp³-hybridized carbons (Fsp3) is 0.0714. The van der Waals surface area contributed by atoms with Gasteiger partial charge in [0.05, 0.1) is 0 Å². The Hall–Kier alpha value is -2.57. The number of benzene rings is 2. The number of anilines is 1. The monoisotopic (exact) mass is 299 g/mol. The third-order valence-electron chi connectivity index (χ3n) is 2.61. The number of halogens is 4. The highest BCUT2D eigenvalue weighted by atomic mass is 19.4. The molecule has 2 rings (SSSR count). The summed E-state index contributed by atoms with van der Waals surface area (Å²) in [6.45, 7) is 0. The lowest BCUT2D eigenvalue weighted by molar-refractivity contribution is -0.274. The fourth-order valence-electron chi connectivity index (χ4n) is 1.69. The van der Waals surface area contributed by atoms with Gasteiger partial charge in [-0.3, -0.25) is 4.79 Å². The molecule has 0 aliphatic rings. The number of ether oxygens (including phenoxy) is 1. The summed E-state index contributed by atoms with van der Waals surface area (Å²) in [4.78, 5) is 12.2. The highest BCUT2D eigenvalue weighted by Gasteiger charge is 2.31. The molecule has 7 heteroatoms. The van der Waals surface area contributed by atoms with Crippen LogP contribution in [0.3, 0.4) is 0 Å². The Labute approximate surface area is 116 Å². The predicted octanol–water partition coefficient (Wildman–Crippen LogP) is 3.54. The average molecular weight is 299 g/mol. The highest BCUT2D eigenvalue weighted by Crippen LogP contribution is 2.27. The Balaban J connectivity index is 2.36. The molecule has 0 spiro atoms. The van der Waals surface area contributed by atoms with Crippen molar-refractivity contribution in [3.05, 3.63) is 59.4 Å². The van der Waals surface area contributed by atoms with Crippen molar-refractivity contribution in [1.82, 2.24) is 0 Å². The molecular formula is C14H9F4NO2. The van der Waals surface area contributed by atoms with Crippen LogP contribution in [0.5, 0.6) is 5.75 Å². The number of rotatable bonds is 3. The van der Waals surface area contributed by atoms with Gasteiger partial charge in [0, 0.05) is 16.8 Å². The van der Waals surface area contributed by atoms with Crippen molar-refractivity contribution in [3.8, 4) is 5.75 Å². The van der Waals surface area contributed by atoms with Gasteiger partial charge in [-0.15, -0.1) is 13.2 Å². The van der Waals surface area contributed by atoms with Crippen molar-refractivity contribution in [2.75, 3.05) is 5.73 Å². The zero-order valence-corrected chi connectivity index (χ0v) is 10.4. The van der Waals surface area contributed by atoms with Crippen LogP contribution >= 0.6 is 0 Å². The fourth-order valence-corrected chi connectivity index (χ4v) is 1.69. The van der Waals surface area contributed by atoms with E-state index in [4.69, 9.17) is 5.73 Å². The molecular weight excluding hydrogens is 290 g/mol. The number of hydrogen-bond donors (Lipinski definition) is 1. The third kappa shape index (κ3) is 3.71. The maximum absolute atomic E-state index is 12.8. The maximum Gasteiger partial charge on any atom is 0.573 e. The molecule has 0 unspecified atom stereocenters. The maximum atomic E-state index is 12.8. The van der Waals surface area contributed by atoms with Crippen LogP contribution in [-0.4, -0.2) is 12.1 Å². The third-order valence-corrected chi connectivity index (χ3v) is 2.61. The van der Waals surface area contributed by atoms with Gasteiger partial charge >= 0.3 is 6.36 Å². The van der Waals surface area contributed by atoms with E-state index in [-0.39, 0.29) is 16.8 Å². The summed E-state index contributed by atoms with van der Waals surface area (Å²) >= 11 is 0. The topological polar surface area (TPSA) is 52.3 Å². The van der Waals surface area contributed by atoms with E-state index in [9.17, 15) is 22.4 Å². The number of alkyl halides is 3. The van der Waals surface area contributed by atoms with Crippen molar-refractivity contribution in [2.45, 2.75) is 6.36 Å². The number of hydrogen-bond acceptors (Lipinski definition) is 3. The minimum atomic E-state index is -4.87. The van der Waals surface area contributed by atoms with Crippen LogP contribution in [0, 0.1) is 5.82 Å². The molecule has 0 saturated carbocycles. The largest absolute Gasteiger partial charge is 0.573 e. The zero-order chi connectivity index (χ0) is 15.6. The molecule has 0 atom stereocenters. The number of nitrogens with two attached hydrogens (primary N) is 1. The molecule has 0 aromatic heterocycles. The molecule has 0 fully saturated rings. The Morgan fingerprint density at radius 2 is 1.67 bits per heavy atom. The van der Waals surface area contributed by atoms with Gasteiger partial charge in [-0.25, -0.2) is 4.39 Å². The minimum absolute atomic E-state index is 0.00107. The van der Waals surface area contributed by atoms with Crippen LogP contribution in [0.15, 0.2) is 42.5 Å². The Kier molecular flexibility index (Phi) is 3.84. The second-order valence-corrected chi connectivity index (χ2v) is 4.13. The van der Waals surface area contributed by atoms with Gasteiger partial charge in [-0.05, 0) is 42.5 Å². The van der Waals surface area contributed by atoms with Crippen molar-refractivity contribution >= 4 is 11.5 Å². The summed E-state index contributed by atoms with van der Waals surface area (Å²) in [6, 6.07) is 7.61. The predicted molar refractivity (Wildman–Crippen MR) is 67.4 cm³/mol. The summed E-state index contributed by atoms with van der Waals surface area (Å²) in [5, 5.41) is 0. The van der Waals surface area contributed by atoms with Crippen LogP contribution in [0.25, 0.3) is 0 Å². The lowest BCUT2D eigenvalue weighted by Crippen LogP contribution is -2.17. The zero-order valence-electron chi connectivity index (χ0n) is 10.4. The molecule has 2 N–H and O–H groups in total. The van der Waals surface area contributed by atoms with Gasteiger partial charge in [0.1, 0.15) is 11.6 Å². The first-order valence-corrected chi connectivity index (χ1v) is 5.72. The van der Waals surface area contributed by atoms with Gasteiger partial charge in [0.2, 0.25) is 0 Å². The molecule has 0 bridgehead atoms. The smallest absolute Gasteiger partial charge is 0.406 e. The Bertz CT molecular complexity index is 666. The molecule has 0 amide bonds. The molecule has 0 saturated heterocycles. The lowest BCUT2D eigenvalue weighted by atomic mass is 10.0. The van der Waals surface area contributed by atoms with E-state index >= 15 is 0 Å². The highest BCUT2D eigenvalue weighted by molar-refractivity contribution is 6.12. The van der Waals surface area contributed by atoms with Crippen molar-refractivity contribution in [2.24, 2.45) is 0 Å². The molecule has 2 aromatic rings. The SMILES string of the molecule is Nc1ccc(OC(F)(F)F)cc1C(=O)c1ccc(F)cc1. The Morgan fingerprint density at radius 3 is 2.24 bits per heavy atom. The summed E-state index contributed by atoms with van der Waals surface area (Å²) in [7, 11) is 0. The van der Waals surface area contributed by atoms with Gasteiger partial charge in [0.15, 0.2) is 5.78 Å². The average Bonchev–Trinajstić information content (AvgIpc) is 2.39. The second-order valence-electron chi connectivity index (χ2n) is 4.13. The lowest BCUT2D eigenvalue weighted by Gasteiger charge is -2.11. The van der Waals surface area contributed by atoms with Crippen LogP contribution < -0.4 is 10.5 Å². The number of nitrogen functional groups attached to an aromatic ring is 1.